The Morgan fingerprint density at radius 1 is 1.39 bits per heavy atom. The third-order valence-electron chi connectivity index (χ3n) is 3.43. The standard InChI is InChI=1S/C12H19N5O/c1-4-12(5-2,7-18)16-10-6-9(3)15-11-13-8-14-17(10)11/h6,8,16,18H,4-5,7H2,1-3H3. The zero-order valence-corrected chi connectivity index (χ0v) is 11.0. The summed E-state index contributed by atoms with van der Waals surface area (Å²) in [6.45, 7) is 6.11. The summed E-state index contributed by atoms with van der Waals surface area (Å²) in [5, 5.41) is 17.1. The maximum absolute atomic E-state index is 9.61. The van der Waals surface area contributed by atoms with Crippen LogP contribution in [0.1, 0.15) is 32.4 Å². The van der Waals surface area contributed by atoms with E-state index in [1.54, 1.807) is 4.52 Å². The normalized spacial score (nSPS) is 12.0. The van der Waals surface area contributed by atoms with Crippen LogP contribution in [-0.4, -0.2) is 36.8 Å². The van der Waals surface area contributed by atoms with Gasteiger partial charge in [-0.15, -0.1) is 0 Å². The number of aryl methyl sites for hydroxylation is 1. The lowest BCUT2D eigenvalue weighted by Crippen LogP contribution is -2.41. The molecule has 6 nitrogen and oxygen atoms in total. The number of hydrogen-bond acceptors (Lipinski definition) is 5. The quantitative estimate of drug-likeness (QED) is 0.837. The number of nitrogens with one attached hydrogen (secondary N) is 1. The Morgan fingerprint density at radius 3 is 2.72 bits per heavy atom. The van der Waals surface area contributed by atoms with Gasteiger partial charge in [-0.05, 0) is 19.8 Å². The third kappa shape index (κ3) is 2.15. The van der Waals surface area contributed by atoms with E-state index in [4.69, 9.17) is 0 Å². The largest absolute Gasteiger partial charge is 0.394 e. The molecule has 0 aliphatic rings. The number of nitrogens with zero attached hydrogens (tertiary/aromatic N) is 4. The minimum absolute atomic E-state index is 0.0809. The van der Waals surface area contributed by atoms with E-state index in [0.29, 0.717) is 5.78 Å². The number of fused-ring (bicyclic) bond motifs is 1. The molecule has 0 unspecified atom stereocenters. The van der Waals surface area contributed by atoms with Crippen molar-refractivity contribution in [3.05, 3.63) is 18.1 Å². The Kier molecular flexibility index (Phi) is 3.47. The van der Waals surface area contributed by atoms with Crippen LogP contribution < -0.4 is 5.32 Å². The molecule has 2 aromatic heterocycles. The molecule has 0 spiro atoms. The molecule has 0 fully saturated rings. The van der Waals surface area contributed by atoms with Gasteiger partial charge < -0.3 is 10.4 Å². The molecule has 0 saturated heterocycles. The second-order valence-corrected chi connectivity index (χ2v) is 4.53. The Hall–Kier alpha value is -1.69. The van der Waals surface area contributed by atoms with Crippen molar-refractivity contribution in [1.29, 1.82) is 0 Å². The summed E-state index contributed by atoms with van der Waals surface area (Å²) in [7, 11) is 0. The van der Waals surface area contributed by atoms with Gasteiger partial charge in [0.05, 0.1) is 12.1 Å². The second kappa shape index (κ2) is 4.89. The highest BCUT2D eigenvalue weighted by Crippen LogP contribution is 2.22. The van der Waals surface area contributed by atoms with Gasteiger partial charge in [0.2, 0.25) is 0 Å². The van der Waals surface area contributed by atoms with Crippen LogP contribution in [-0.2, 0) is 0 Å². The first-order valence-electron chi connectivity index (χ1n) is 6.20. The van der Waals surface area contributed by atoms with Crippen molar-refractivity contribution in [2.45, 2.75) is 39.2 Å². The lowest BCUT2D eigenvalue weighted by Gasteiger charge is -2.31. The van der Waals surface area contributed by atoms with Crippen LogP contribution in [0.15, 0.2) is 12.4 Å². The first kappa shape index (κ1) is 12.8. The summed E-state index contributed by atoms with van der Waals surface area (Å²) >= 11 is 0. The van der Waals surface area contributed by atoms with Crippen LogP contribution in [0.2, 0.25) is 0 Å². The Labute approximate surface area is 106 Å². The zero-order valence-electron chi connectivity index (χ0n) is 11.0. The van der Waals surface area contributed by atoms with Gasteiger partial charge in [0.1, 0.15) is 12.1 Å². The highest BCUT2D eigenvalue weighted by molar-refractivity contribution is 5.46. The average molecular weight is 249 g/mol. The van der Waals surface area contributed by atoms with E-state index in [0.717, 1.165) is 24.4 Å². The molecular weight excluding hydrogens is 230 g/mol. The van der Waals surface area contributed by atoms with E-state index in [2.05, 4.69) is 34.2 Å². The van der Waals surface area contributed by atoms with Crippen molar-refractivity contribution in [2.24, 2.45) is 0 Å². The lowest BCUT2D eigenvalue weighted by atomic mass is 9.94. The number of aliphatic hydroxyl groups is 1. The lowest BCUT2D eigenvalue weighted by molar-refractivity contribution is 0.202. The molecule has 0 bridgehead atoms. The molecule has 6 heteroatoms. The average Bonchev–Trinajstić information content (AvgIpc) is 2.84. The van der Waals surface area contributed by atoms with Crippen molar-refractivity contribution in [2.75, 3.05) is 11.9 Å². The molecule has 98 valence electrons. The number of anilines is 1. The minimum Gasteiger partial charge on any atom is -0.394 e. The Balaban J connectivity index is 2.44. The summed E-state index contributed by atoms with van der Waals surface area (Å²) in [6, 6.07) is 1.91. The zero-order chi connectivity index (χ0) is 13.2. The molecule has 0 aromatic carbocycles. The third-order valence-corrected chi connectivity index (χ3v) is 3.43. The van der Waals surface area contributed by atoms with Crippen LogP contribution in [0.4, 0.5) is 5.82 Å². The monoisotopic (exact) mass is 249 g/mol. The maximum atomic E-state index is 9.61. The van der Waals surface area contributed by atoms with Gasteiger partial charge in [0.25, 0.3) is 5.78 Å². The van der Waals surface area contributed by atoms with Crippen LogP contribution in [0.5, 0.6) is 0 Å². The predicted octanol–water partition coefficient (Wildman–Crippen LogP) is 1.40. The van der Waals surface area contributed by atoms with Gasteiger partial charge in [-0.3, -0.25) is 0 Å². The molecule has 0 amide bonds. The first-order chi connectivity index (χ1) is 8.64. The summed E-state index contributed by atoms with van der Waals surface area (Å²) < 4.78 is 1.66. The van der Waals surface area contributed by atoms with Gasteiger partial charge in [-0.25, -0.2) is 4.98 Å². The van der Waals surface area contributed by atoms with Crippen molar-refractivity contribution >= 4 is 11.6 Å². The summed E-state index contributed by atoms with van der Waals surface area (Å²) in [6.07, 6.45) is 3.14. The fraction of sp³-hybridized carbons (Fsp3) is 0.583. The van der Waals surface area contributed by atoms with Crippen LogP contribution in [0.3, 0.4) is 0 Å². The van der Waals surface area contributed by atoms with Crippen LogP contribution >= 0.6 is 0 Å². The fourth-order valence-electron chi connectivity index (χ4n) is 1.98. The van der Waals surface area contributed by atoms with Crippen LogP contribution in [0.25, 0.3) is 5.78 Å². The molecule has 0 saturated carbocycles. The van der Waals surface area contributed by atoms with Gasteiger partial charge in [-0.1, -0.05) is 13.8 Å². The van der Waals surface area contributed by atoms with Gasteiger partial charge >= 0.3 is 0 Å². The maximum Gasteiger partial charge on any atom is 0.254 e. The van der Waals surface area contributed by atoms with E-state index in [-0.39, 0.29) is 12.1 Å². The van der Waals surface area contributed by atoms with Gasteiger partial charge in [0, 0.05) is 11.8 Å². The summed E-state index contributed by atoms with van der Waals surface area (Å²) in [5.74, 6) is 1.38. The topological polar surface area (TPSA) is 75.3 Å². The molecule has 2 aromatic rings. The Morgan fingerprint density at radius 2 is 2.11 bits per heavy atom. The second-order valence-electron chi connectivity index (χ2n) is 4.53. The molecular formula is C12H19N5O. The highest BCUT2D eigenvalue weighted by Gasteiger charge is 2.26. The van der Waals surface area contributed by atoms with Gasteiger partial charge in [-0.2, -0.15) is 14.6 Å². The van der Waals surface area contributed by atoms with Crippen molar-refractivity contribution in [1.82, 2.24) is 19.6 Å². The molecule has 2 rings (SSSR count). The minimum atomic E-state index is -0.327. The summed E-state index contributed by atoms with van der Waals surface area (Å²) in [5.41, 5.74) is 0.546. The SMILES string of the molecule is CCC(CC)(CO)Nc1cc(C)nc2ncnn12. The number of rotatable bonds is 5. The molecule has 2 N–H and O–H groups in total. The fourth-order valence-corrected chi connectivity index (χ4v) is 1.98. The van der Waals surface area contributed by atoms with E-state index in [1.807, 2.05) is 13.0 Å². The van der Waals surface area contributed by atoms with Crippen LogP contribution in [0, 0.1) is 6.92 Å². The molecule has 2 heterocycles. The predicted molar refractivity (Wildman–Crippen MR) is 69.5 cm³/mol. The van der Waals surface area contributed by atoms with E-state index in [9.17, 15) is 5.11 Å². The number of hydrogen-bond donors (Lipinski definition) is 2. The molecule has 18 heavy (non-hydrogen) atoms. The summed E-state index contributed by atoms with van der Waals surface area (Å²) in [4.78, 5) is 8.38. The van der Waals surface area contributed by atoms with Crippen molar-refractivity contribution in [3.8, 4) is 0 Å². The first-order valence-corrected chi connectivity index (χ1v) is 6.20. The van der Waals surface area contributed by atoms with Crippen molar-refractivity contribution < 1.29 is 5.11 Å². The number of aromatic nitrogens is 4. The smallest absolute Gasteiger partial charge is 0.254 e. The Bertz CT molecular complexity index is 524. The molecule has 0 aliphatic carbocycles. The number of aliphatic hydroxyl groups excluding tert-OH is 1. The highest BCUT2D eigenvalue weighted by atomic mass is 16.3. The van der Waals surface area contributed by atoms with Gasteiger partial charge in [0.15, 0.2) is 0 Å². The molecule has 0 radical (unpaired) electrons. The van der Waals surface area contributed by atoms with E-state index < -0.39 is 0 Å². The molecule has 0 atom stereocenters. The molecule has 0 aliphatic heterocycles. The van der Waals surface area contributed by atoms with E-state index >= 15 is 0 Å². The van der Waals surface area contributed by atoms with E-state index in [1.165, 1.54) is 6.33 Å². The van der Waals surface area contributed by atoms with Crippen molar-refractivity contribution in [3.63, 3.8) is 0 Å².